The predicted molar refractivity (Wildman–Crippen MR) is 109 cm³/mol. The van der Waals surface area contributed by atoms with Gasteiger partial charge in [-0.25, -0.2) is 8.42 Å². The number of halogens is 3. The maximum Gasteiger partial charge on any atom is 0.422 e. The predicted octanol–water partition coefficient (Wildman–Crippen LogP) is 2.46. The first-order chi connectivity index (χ1) is 15.9. The Hall–Kier alpha value is -2.67. The summed E-state index contributed by atoms with van der Waals surface area (Å²) in [5.41, 5.74) is -1.28. The number of carbonyl (C=O) groups is 1. The van der Waals surface area contributed by atoms with Gasteiger partial charge < -0.3 is 18.9 Å². The second kappa shape index (κ2) is 7.41. The molecule has 1 aliphatic heterocycles. The lowest BCUT2D eigenvalue weighted by Crippen LogP contribution is -2.33. The van der Waals surface area contributed by atoms with Gasteiger partial charge in [-0.2, -0.15) is 18.2 Å². The fourth-order valence-corrected chi connectivity index (χ4v) is 5.22. The zero-order valence-corrected chi connectivity index (χ0v) is 19.2. The second-order valence-electron chi connectivity index (χ2n) is 9.20. The van der Waals surface area contributed by atoms with Crippen LogP contribution in [0.2, 0.25) is 0 Å². The first-order valence-electron chi connectivity index (χ1n) is 10.6. The molecule has 2 aliphatic carbocycles. The summed E-state index contributed by atoms with van der Waals surface area (Å²) in [6, 6.07) is 3.25. The van der Waals surface area contributed by atoms with Gasteiger partial charge >= 0.3 is 6.18 Å². The highest BCUT2D eigenvalue weighted by Gasteiger charge is 2.65. The quantitative estimate of drug-likeness (QED) is 0.569. The Kier molecular flexibility index (Phi) is 5.03. The van der Waals surface area contributed by atoms with Crippen molar-refractivity contribution < 1.29 is 40.4 Å². The average molecular weight is 501 g/mol. The van der Waals surface area contributed by atoms with E-state index in [1.165, 1.54) is 4.90 Å². The number of fused-ring (bicyclic) bond motifs is 1. The van der Waals surface area contributed by atoms with E-state index in [2.05, 4.69) is 10.1 Å². The van der Waals surface area contributed by atoms with E-state index < -0.39 is 39.5 Å². The van der Waals surface area contributed by atoms with Crippen LogP contribution in [-0.2, 0) is 25.6 Å². The number of carbonyl (C=O) groups excluding carboxylic acids is 1. The summed E-state index contributed by atoms with van der Waals surface area (Å²) in [6.07, 6.45) is -1.36. The van der Waals surface area contributed by atoms with E-state index in [9.17, 15) is 26.4 Å². The number of alkyl halides is 3. The van der Waals surface area contributed by atoms with Crippen molar-refractivity contribution in [2.24, 2.45) is 5.92 Å². The number of likely N-dealkylation sites (tertiary alicyclic amines) is 1. The lowest BCUT2D eigenvalue weighted by Gasteiger charge is -2.22. The van der Waals surface area contributed by atoms with Crippen LogP contribution in [-0.4, -0.2) is 68.6 Å². The van der Waals surface area contributed by atoms with Gasteiger partial charge in [0.05, 0.1) is 15.9 Å². The van der Waals surface area contributed by atoms with E-state index in [0.29, 0.717) is 18.3 Å². The number of benzene rings is 1. The second-order valence-corrected chi connectivity index (χ2v) is 11.2. The maximum atomic E-state index is 13.3. The molecule has 13 heteroatoms. The first-order valence-corrected chi connectivity index (χ1v) is 12.5. The summed E-state index contributed by atoms with van der Waals surface area (Å²) >= 11 is 0. The summed E-state index contributed by atoms with van der Waals surface area (Å²) in [5.74, 6) is -0.00392. The molecule has 0 spiro atoms. The minimum absolute atomic E-state index is 0.0669. The molecule has 5 rings (SSSR count). The van der Waals surface area contributed by atoms with Crippen molar-refractivity contribution in [3.8, 4) is 5.75 Å². The molecule has 1 aromatic carbocycles. The van der Waals surface area contributed by atoms with Gasteiger partial charge in [0.15, 0.2) is 22.3 Å². The zero-order valence-electron chi connectivity index (χ0n) is 18.4. The van der Waals surface area contributed by atoms with Gasteiger partial charge in [-0.05, 0) is 43.4 Å². The fraction of sp³-hybridized carbons (Fsp3) is 0.571. The molecule has 1 amide bonds. The highest BCUT2D eigenvalue weighted by atomic mass is 32.2. The third kappa shape index (κ3) is 3.94. The molecule has 2 heterocycles. The van der Waals surface area contributed by atoms with E-state index in [4.69, 9.17) is 14.0 Å². The van der Waals surface area contributed by atoms with Crippen LogP contribution in [0.25, 0.3) is 0 Å². The van der Waals surface area contributed by atoms with Crippen LogP contribution in [0.1, 0.15) is 41.3 Å². The number of hydrogen-bond donors (Lipinski definition) is 0. The van der Waals surface area contributed by atoms with Gasteiger partial charge in [-0.15, -0.1) is 0 Å². The third-order valence-electron chi connectivity index (χ3n) is 6.79. The molecule has 34 heavy (non-hydrogen) atoms. The van der Waals surface area contributed by atoms with E-state index in [1.54, 1.807) is 7.11 Å². The number of hydrogen-bond acceptors (Lipinski definition) is 8. The van der Waals surface area contributed by atoms with Gasteiger partial charge in [-0.3, -0.25) is 4.79 Å². The Morgan fingerprint density at radius 2 is 2.06 bits per heavy atom. The number of methoxy groups -OCH3 is 1. The normalized spacial score (nSPS) is 25.2. The van der Waals surface area contributed by atoms with Crippen molar-refractivity contribution in [3.05, 3.63) is 35.5 Å². The van der Waals surface area contributed by atoms with Crippen LogP contribution in [0.5, 0.6) is 5.75 Å². The van der Waals surface area contributed by atoms with Gasteiger partial charge in [0.1, 0.15) is 11.4 Å². The van der Waals surface area contributed by atoms with Crippen LogP contribution in [0.15, 0.2) is 27.6 Å². The van der Waals surface area contributed by atoms with E-state index in [-0.39, 0.29) is 28.7 Å². The van der Waals surface area contributed by atoms with Crippen molar-refractivity contribution in [2.75, 3.05) is 33.1 Å². The number of nitrogens with zero attached hydrogens (tertiary/aromatic N) is 3. The van der Waals surface area contributed by atoms with Crippen LogP contribution >= 0.6 is 0 Å². The molecule has 9 nitrogen and oxygen atoms in total. The van der Waals surface area contributed by atoms with Crippen LogP contribution in [0.4, 0.5) is 13.2 Å². The van der Waals surface area contributed by atoms with Crippen molar-refractivity contribution in [2.45, 2.75) is 41.4 Å². The van der Waals surface area contributed by atoms with E-state index in [1.807, 2.05) is 0 Å². The Balaban J connectivity index is 1.40. The van der Waals surface area contributed by atoms with Gasteiger partial charge in [0.25, 0.3) is 11.8 Å². The molecule has 2 unspecified atom stereocenters. The number of amides is 1. The molecular formula is C21H22F3N3O6S. The SMILES string of the molecule is COC1(c2nc(C34CC3CN(C(=O)c3cc(S(C)(=O)=O)ccc3OCC(F)(F)F)C4)no2)CC1. The summed E-state index contributed by atoms with van der Waals surface area (Å²) in [6.45, 7) is -1.04. The van der Waals surface area contributed by atoms with E-state index in [0.717, 1.165) is 43.7 Å². The number of aromatic nitrogens is 2. The van der Waals surface area contributed by atoms with Crippen LogP contribution < -0.4 is 4.74 Å². The Morgan fingerprint density at radius 3 is 2.68 bits per heavy atom. The molecule has 1 aromatic heterocycles. The zero-order chi connectivity index (χ0) is 24.5. The summed E-state index contributed by atoms with van der Waals surface area (Å²) < 4.78 is 77.8. The molecule has 1 saturated heterocycles. The topological polar surface area (TPSA) is 112 Å². The molecule has 0 N–H and O–H groups in total. The minimum Gasteiger partial charge on any atom is -0.483 e. The lowest BCUT2D eigenvalue weighted by molar-refractivity contribution is -0.153. The summed E-state index contributed by atoms with van der Waals surface area (Å²) in [7, 11) is -2.12. The molecule has 184 valence electrons. The smallest absolute Gasteiger partial charge is 0.422 e. The van der Waals surface area contributed by atoms with E-state index >= 15 is 0 Å². The van der Waals surface area contributed by atoms with Crippen molar-refractivity contribution in [3.63, 3.8) is 0 Å². The highest BCUT2D eigenvalue weighted by Crippen LogP contribution is 2.59. The van der Waals surface area contributed by atoms with Crippen LogP contribution in [0, 0.1) is 5.92 Å². The molecule has 0 bridgehead atoms. The van der Waals surface area contributed by atoms with Crippen molar-refractivity contribution in [1.82, 2.24) is 15.0 Å². The maximum absolute atomic E-state index is 13.3. The fourth-order valence-electron chi connectivity index (χ4n) is 4.58. The molecular weight excluding hydrogens is 479 g/mol. The Bertz CT molecular complexity index is 1260. The molecule has 3 fully saturated rings. The van der Waals surface area contributed by atoms with Crippen molar-refractivity contribution >= 4 is 15.7 Å². The molecule has 2 atom stereocenters. The van der Waals surface area contributed by atoms with Gasteiger partial charge in [0, 0.05) is 26.5 Å². The summed E-state index contributed by atoms with van der Waals surface area (Å²) in [5, 5.41) is 4.12. The summed E-state index contributed by atoms with van der Waals surface area (Å²) in [4.78, 5) is 19.1. The van der Waals surface area contributed by atoms with Crippen LogP contribution in [0.3, 0.4) is 0 Å². The third-order valence-corrected chi connectivity index (χ3v) is 7.90. The first kappa shape index (κ1) is 23.1. The highest BCUT2D eigenvalue weighted by molar-refractivity contribution is 7.90. The van der Waals surface area contributed by atoms with Gasteiger partial charge in [-0.1, -0.05) is 5.16 Å². The minimum atomic E-state index is -4.62. The number of rotatable bonds is 7. The van der Waals surface area contributed by atoms with Gasteiger partial charge in [0.2, 0.25) is 0 Å². The molecule has 2 saturated carbocycles. The average Bonchev–Trinajstić information content (AvgIpc) is 3.60. The Morgan fingerprint density at radius 1 is 1.32 bits per heavy atom. The molecule has 0 radical (unpaired) electrons. The lowest BCUT2D eigenvalue weighted by atomic mass is 10.1. The number of sulfone groups is 1. The standard InChI is InChI=1S/C21H22F3N3O6S/c1-31-20(5-6-20)18-25-17(26-33-18)19-8-12(19)9-27(10-19)16(28)14-7-13(34(2,29)30)3-4-15(14)32-11-21(22,23)24/h3-4,7,12H,5-6,8-11H2,1-2H3. The monoisotopic (exact) mass is 501 g/mol. The number of piperidine rings is 1. The van der Waals surface area contributed by atoms with Crippen molar-refractivity contribution in [1.29, 1.82) is 0 Å². The Labute approximate surface area is 193 Å². The molecule has 3 aliphatic rings. The largest absolute Gasteiger partial charge is 0.483 e. The molecule has 2 aromatic rings. The number of ether oxygens (including phenoxy) is 2.